The van der Waals surface area contributed by atoms with Crippen LogP contribution in [0.1, 0.15) is 5.56 Å². The molecule has 0 spiro atoms. The number of benzene rings is 1. The maximum Gasteiger partial charge on any atom is 0.154 e. The third kappa shape index (κ3) is 1.85. The fourth-order valence-electron chi connectivity index (χ4n) is 0.989. The zero-order valence-electron chi connectivity index (χ0n) is 7.15. The summed E-state index contributed by atoms with van der Waals surface area (Å²) in [6.07, 6.45) is 0. The van der Waals surface area contributed by atoms with Crippen LogP contribution in [0.3, 0.4) is 0 Å². The lowest BCUT2D eigenvalue weighted by Gasteiger charge is -1.96. The van der Waals surface area contributed by atoms with E-state index in [2.05, 4.69) is 0 Å². The van der Waals surface area contributed by atoms with Crippen LogP contribution in [-0.2, 0) is 9.59 Å². The van der Waals surface area contributed by atoms with Gasteiger partial charge in [-0.25, -0.2) is 9.59 Å². The first-order valence-electron chi connectivity index (χ1n) is 3.79. The number of rotatable bonds is 2. The predicted octanol–water partition coefficient (Wildman–Crippen LogP) is 1.18. The quantitative estimate of drug-likeness (QED) is 0.393. The largest absolute Gasteiger partial charge is 0.233 e. The van der Waals surface area contributed by atoms with E-state index in [4.69, 9.17) is 5.26 Å². The lowest BCUT2D eigenvalue weighted by molar-refractivity contribution is 0.566. The summed E-state index contributed by atoms with van der Waals surface area (Å²) >= 11 is 0. The first-order valence-corrected chi connectivity index (χ1v) is 3.79. The SMILES string of the molecule is N#CC(=C=O)C(=C=O)c1ccccc1. The molecule has 0 atom stereocenters. The van der Waals surface area contributed by atoms with Gasteiger partial charge in [-0.3, -0.25) is 0 Å². The molecule has 3 heteroatoms. The Bertz CT molecular complexity index is 470. The fraction of sp³-hybridized carbons (Fsp3) is 0. The minimum absolute atomic E-state index is 0.0527. The Morgan fingerprint density at radius 1 is 1.07 bits per heavy atom. The van der Waals surface area contributed by atoms with E-state index in [9.17, 15) is 9.59 Å². The molecular weight excluding hydrogens is 178 g/mol. The van der Waals surface area contributed by atoms with E-state index in [1.807, 2.05) is 0 Å². The molecule has 14 heavy (non-hydrogen) atoms. The molecule has 0 saturated carbocycles. The van der Waals surface area contributed by atoms with Crippen molar-refractivity contribution in [2.24, 2.45) is 0 Å². The van der Waals surface area contributed by atoms with Gasteiger partial charge in [0.15, 0.2) is 5.57 Å². The van der Waals surface area contributed by atoms with Crippen molar-refractivity contribution < 1.29 is 9.59 Å². The van der Waals surface area contributed by atoms with E-state index in [1.165, 1.54) is 5.94 Å². The van der Waals surface area contributed by atoms with Gasteiger partial charge in [-0.05, 0) is 5.56 Å². The van der Waals surface area contributed by atoms with Crippen LogP contribution >= 0.6 is 0 Å². The molecule has 0 aliphatic rings. The first-order chi connectivity index (χ1) is 6.83. The van der Waals surface area contributed by atoms with E-state index in [0.717, 1.165) is 0 Å². The monoisotopic (exact) mass is 183 g/mol. The molecular formula is C11H5NO2. The van der Waals surface area contributed by atoms with Gasteiger partial charge in [0.2, 0.25) is 0 Å². The van der Waals surface area contributed by atoms with Crippen LogP contribution in [0.2, 0.25) is 0 Å². The molecule has 1 aromatic carbocycles. The average molecular weight is 183 g/mol. The minimum Gasteiger partial charge on any atom is -0.233 e. The van der Waals surface area contributed by atoms with Gasteiger partial charge in [-0.1, -0.05) is 30.3 Å². The molecule has 0 aliphatic heterocycles. The highest BCUT2D eigenvalue weighted by atomic mass is 16.1. The maximum absolute atomic E-state index is 10.6. The molecule has 0 bridgehead atoms. The van der Waals surface area contributed by atoms with Crippen LogP contribution < -0.4 is 0 Å². The first kappa shape index (κ1) is 9.70. The highest BCUT2D eigenvalue weighted by Gasteiger charge is 2.08. The molecule has 0 saturated heterocycles. The molecule has 0 aromatic heterocycles. The Labute approximate surface area is 80.6 Å². The normalized spacial score (nSPS) is 7.93. The van der Waals surface area contributed by atoms with E-state index >= 15 is 0 Å². The van der Waals surface area contributed by atoms with Gasteiger partial charge < -0.3 is 0 Å². The van der Waals surface area contributed by atoms with Crippen molar-refractivity contribution in [2.45, 2.75) is 0 Å². The fourth-order valence-corrected chi connectivity index (χ4v) is 0.989. The van der Waals surface area contributed by atoms with Crippen LogP contribution in [-0.4, -0.2) is 11.9 Å². The van der Waals surface area contributed by atoms with Crippen molar-refractivity contribution in [3.05, 3.63) is 41.5 Å². The van der Waals surface area contributed by atoms with E-state index in [1.54, 1.807) is 42.3 Å². The summed E-state index contributed by atoms with van der Waals surface area (Å²) in [4.78, 5) is 20.9. The Kier molecular flexibility index (Phi) is 3.18. The summed E-state index contributed by atoms with van der Waals surface area (Å²) in [7, 11) is 0. The summed E-state index contributed by atoms with van der Waals surface area (Å²) in [6.45, 7) is 0. The van der Waals surface area contributed by atoms with Gasteiger partial charge in [0.05, 0.1) is 5.57 Å². The minimum atomic E-state index is -0.328. The van der Waals surface area contributed by atoms with Gasteiger partial charge in [0.25, 0.3) is 0 Å². The highest BCUT2D eigenvalue weighted by Crippen LogP contribution is 2.16. The van der Waals surface area contributed by atoms with Gasteiger partial charge in [0.1, 0.15) is 18.0 Å². The number of hydrogen-bond acceptors (Lipinski definition) is 3. The van der Waals surface area contributed by atoms with E-state index in [-0.39, 0.29) is 11.1 Å². The summed E-state index contributed by atoms with van der Waals surface area (Å²) in [5, 5.41) is 8.54. The molecule has 0 heterocycles. The number of carbonyl (C=O) groups excluding carboxylic acids is 2. The van der Waals surface area contributed by atoms with Crippen molar-refractivity contribution in [1.29, 1.82) is 5.26 Å². The van der Waals surface area contributed by atoms with E-state index in [0.29, 0.717) is 5.56 Å². The molecule has 0 fully saturated rings. The molecule has 1 aromatic rings. The third-order valence-electron chi connectivity index (χ3n) is 1.63. The van der Waals surface area contributed by atoms with Crippen molar-refractivity contribution in [2.75, 3.05) is 0 Å². The van der Waals surface area contributed by atoms with E-state index < -0.39 is 0 Å². The molecule has 0 unspecified atom stereocenters. The van der Waals surface area contributed by atoms with Gasteiger partial charge in [-0.15, -0.1) is 0 Å². The second kappa shape index (κ2) is 4.59. The topological polar surface area (TPSA) is 57.9 Å². The zero-order chi connectivity index (χ0) is 10.4. The van der Waals surface area contributed by atoms with Crippen LogP contribution in [0.5, 0.6) is 0 Å². The highest BCUT2D eigenvalue weighted by molar-refractivity contribution is 6.03. The molecule has 0 amide bonds. The Morgan fingerprint density at radius 3 is 2.14 bits per heavy atom. The maximum atomic E-state index is 10.6. The molecule has 1 rings (SSSR count). The number of allylic oxidation sites excluding steroid dienone is 2. The Hall–Kier alpha value is -2.39. The smallest absolute Gasteiger partial charge is 0.154 e. The second-order valence-electron chi connectivity index (χ2n) is 2.43. The standard InChI is InChI=1S/C11H5NO2/c12-6-10(7-13)11(8-14)9-4-2-1-3-5-9/h1-5H. The molecule has 0 N–H and O–H groups in total. The summed E-state index contributed by atoms with van der Waals surface area (Å²) in [5.41, 5.74) is 0.108. The van der Waals surface area contributed by atoms with Crippen molar-refractivity contribution >= 4 is 17.5 Å². The summed E-state index contributed by atoms with van der Waals surface area (Å²) in [5.74, 6) is 2.97. The summed E-state index contributed by atoms with van der Waals surface area (Å²) < 4.78 is 0. The van der Waals surface area contributed by atoms with Crippen LogP contribution in [0, 0.1) is 11.3 Å². The zero-order valence-corrected chi connectivity index (χ0v) is 7.15. The van der Waals surface area contributed by atoms with Crippen LogP contribution in [0.4, 0.5) is 0 Å². The molecule has 0 radical (unpaired) electrons. The third-order valence-corrected chi connectivity index (χ3v) is 1.63. The van der Waals surface area contributed by atoms with Crippen LogP contribution in [0.15, 0.2) is 35.9 Å². The van der Waals surface area contributed by atoms with Crippen molar-refractivity contribution in [3.63, 3.8) is 0 Å². The summed E-state index contributed by atoms with van der Waals surface area (Å²) in [6, 6.07) is 10.0. The van der Waals surface area contributed by atoms with Crippen LogP contribution in [0.25, 0.3) is 5.57 Å². The molecule has 3 nitrogen and oxygen atoms in total. The molecule has 0 aliphatic carbocycles. The second-order valence-corrected chi connectivity index (χ2v) is 2.43. The number of nitriles is 1. The van der Waals surface area contributed by atoms with Crippen molar-refractivity contribution in [1.82, 2.24) is 0 Å². The Morgan fingerprint density at radius 2 is 1.71 bits per heavy atom. The lowest BCUT2D eigenvalue weighted by Crippen LogP contribution is -1.89. The van der Waals surface area contributed by atoms with Crippen molar-refractivity contribution in [3.8, 4) is 6.07 Å². The Balaban J connectivity index is 3.29. The van der Waals surface area contributed by atoms with Gasteiger partial charge in [0, 0.05) is 0 Å². The van der Waals surface area contributed by atoms with Gasteiger partial charge in [-0.2, -0.15) is 5.26 Å². The molecule has 66 valence electrons. The number of nitrogens with zero attached hydrogens (tertiary/aromatic N) is 1. The number of hydrogen-bond donors (Lipinski definition) is 0. The van der Waals surface area contributed by atoms with Gasteiger partial charge >= 0.3 is 0 Å². The predicted molar refractivity (Wildman–Crippen MR) is 50.4 cm³/mol. The lowest BCUT2D eigenvalue weighted by atomic mass is 10.0. The average Bonchev–Trinajstić information content (AvgIpc) is 2.27.